The molecule has 2 atom stereocenters. The third kappa shape index (κ3) is 2.22. The average Bonchev–Trinajstić information content (AvgIpc) is 3.08. The summed E-state index contributed by atoms with van der Waals surface area (Å²) in [5.41, 5.74) is -0.606. The molecule has 5 heteroatoms. The van der Waals surface area contributed by atoms with Gasteiger partial charge in [-0.05, 0) is 24.6 Å². The van der Waals surface area contributed by atoms with Crippen molar-refractivity contribution in [3.63, 3.8) is 0 Å². The highest BCUT2D eigenvalue weighted by Crippen LogP contribution is 2.44. The molecule has 0 aromatic heterocycles. The van der Waals surface area contributed by atoms with Gasteiger partial charge in [-0.1, -0.05) is 12.1 Å². The second-order valence-corrected chi connectivity index (χ2v) is 4.53. The number of carbonyl (C=O) groups excluding carboxylic acids is 1. The van der Waals surface area contributed by atoms with E-state index in [1.165, 1.54) is 19.1 Å². The summed E-state index contributed by atoms with van der Waals surface area (Å²) in [7, 11) is 0. The zero-order valence-electron chi connectivity index (χ0n) is 9.92. The molecule has 0 bridgehead atoms. The Morgan fingerprint density at radius 2 is 1.94 bits per heavy atom. The molecule has 1 aliphatic rings. The number of hydrogen-bond donors (Lipinski definition) is 2. The van der Waals surface area contributed by atoms with Crippen molar-refractivity contribution in [2.75, 3.05) is 6.61 Å². The number of carboxylic acid groups (broad SMARTS) is 1. The molecule has 1 aliphatic heterocycles. The van der Waals surface area contributed by atoms with Crippen LogP contribution in [0.4, 0.5) is 0 Å². The summed E-state index contributed by atoms with van der Waals surface area (Å²) in [4.78, 5) is 22.6. The molecule has 1 aromatic carbocycles. The lowest BCUT2D eigenvalue weighted by molar-refractivity contribution is -0.144. The Hall–Kier alpha value is -1.88. The minimum Gasteiger partial charge on any atom is -0.508 e. The molecule has 0 amide bonds. The fourth-order valence-corrected chi connectivity index (χ4v) is 2.10. The second-order valence-electron chi connectivity index (χ2n) is 4.53. The third-order valence-electron chi connectivity index (χ3n) is 3.17. The van der Waals surface area contributed by atoms with Gasteiger partial charge in [0.2, 0.25) is 0 Å². The van der Waals surface area contributed by atoms with Gasteiger partial charge in [0.15, 0.2) is 5.60 Å². The average molecular weight is 250 g/mol. The number of phenols is 1. The number of Topliss-reactive ketones (excluding diaryl/α,β-unsaturated/α-hetero) is 1. The van der Waals surface area contributed by atoms with E-state index in [0.717, 1.165) is 0 Å². The monoisotopic (exact) mass is 250 g/mol. The minimum absolute atomic E-state index is 0.0933. The van der Waals surface area contributed by atoms with E-state index >= 15 is 0 Å². The standard InChI is InChI=1S/C13H14O5/c1-8(14)6-11(13(7-18-13)12(16)17)9-2-4-10(15)5-3-9/h2-5,11,15H,6-7H2,1H3,(H,16,17). The van der Waals surface area contributed by atoms with E-state index in [4.69, 9.17) is 4.74 Å². The summed E-state index contributed by atoms with van der Waals surface area (Å²) in [5, 5.41) is 18.5. The van der Waals surface area contributed by atoms with Gasteiger partial charge in [0, 0.05) is 12.3 Å². The van der Waals surface area contributed by atoms with Crippen LogP contribution in [0.25, 0.3) is 0 Å². The molecule has 2 unspecified atom stereocenters. The van der Waals surface area contributed by atoms with E-state index in [-0.39, 0.29) is 24.6 Å². The number of ketones is 1. The number of hydrogen-bond acceptors (Lipinski definition) is 4. The van der Waals surface area contributed by atoms with E-state index in [1.54, 1.807) is 12.1 Å². The zero-order valence-corrected chi connectivity index (χ0v) is 9.92. The van der Waals surface area contributed by atoms with Crippen LogP contribution in [-0.4, -0.2) is 34.2 Å². The fraction of sp³-hybridized carbons (Fsp3) is 0.385. The van der Waals surface area contributed by atoms with Crippen LogP contribution >= 0.6 is 0 Å². The molecule has 1 aromatic rings. The van der Waals surface area contributed by atoms with Gasteiger partial charge in [-0.3, -0.25) is 0 Å². The molecule has 2 rings (SSSR count). The van der Waals surface area contributed by atoms with Crippen LogP contribution in [0.3, 0.4) is 0 Å². The van der Waals surface area contributed by atoms with Gasteiger partial charge in [0.05, 0.1) is 6.61 Å². The van der Waals surface area contributed by atoms with E-state index in [9.17, 15) is 19.8 Å². The van der Waals surface area contributed by atoms with Gasteiger partial charge in [0.1, 0.15) is 11.5 Å². The fourth-order valence-electron chi connectivity index (χ4n) is 2.10. The molecule has 0 saturated carbocycles. The molecule has 1 heterocycles. The van der Waals surface area contributed by atoms with Crippen molar-refractivity contribution in [3.8, 4) is 5.75 Å². The Morgan fingerprint density at radius 3 is 2.33 bits per heavy atom. The summed E-state index contributed by atoms with van der Waals surface area (Å²) in [6.07, 6.45) is 0.108. The molecular weight excluding hydrogens is 236 g/mol. The smallest absolute Gasteiger partial charge is 0.339 e. The SMILES string of the molecule is CC(=O)CC(c1ccc(O)cc1)C1(C(=O)O)CO1. The van der Waals surface area contributed by atoms with Gasteiger partial charge in [0.25, 0.3) is 0 Å². The van der Waals surface area contributed by atoms with E-state index in [0.29, 0.717) is 5.56 Å². The summed E-state index contributed by atoms with van der Waals surface area (Å²) < 4.78 is 5.09. The van der Waals surface area contributed by atoms with Crippen molar-refractivity contribution in [3.05, 3.63) is 29.8 Å². The van der Waals surface area contributed by atoms with Crippen molar-refractivity contribution in [2.24, 2.45) is 0 Å². The maximum atomic E-state index is 11.3. The first kappa shape index (κ1) is 12.6. The summed E-state index contributed by atoms with van der Waals surface area (Å²) in [6.45, 7) is 1.53. The molecule has 0 aliphatic carbocycles. The highest BCUT2D eigenvalue weighted by molar-refractivity contribution is 5.85. The lowest BCUT2D eigenvalue weighted by Crippen LogP contribution is -2.33. The zero-order chi connectivity index (χ0) is 13.3. The first-order chi connectivity index (χ1) is 8.45. The number of aliphatic carboxylic acids is 1. The first-order valence-electron chi connectivity index (χ1n) is 5.61. The van der Waals surface area contributed by atoms with Crippen LogP contribution in [-0.2, 0) is 14.3 Å². The van der Waals surface area contributed by atoms with E-state index in [2.05, 4.69) is 0 Å². The van der Waals surface area contributed by atoms with Gasteiger partial charge in [-0.15, -0.1) is 0 Å². The Bertz CT molecular complexity index is 473. The summed E-state index contributed by atoms with van der Waals surface area (Å²) in [5.74, 6) is -1.57. The quantitative estimate of drug-likeness (QED) is 0.769. The lowest BCUT2D eigenvalue weighted by Gasteiger charge is -2.20. The Kier molecular flexibility index (Phi) is 3.09. The minimum atomic E-state index is -1.29. The Labute approximate surface area is 104 Å². The molecule has 0 spiro atoms. The normalized spacial score (nSPS) is 23.4. The molecule has 2 N–H and O–H groups in total. The molecular formula is C13H14O5. The summed E-state index contributed by atoms with van der Waals surface area (Å²) in [6, 6.07) is 6.19. The number of carbonyl (C=O) groups is 2. The van der Waals surface area contributed by atoms with E-state index < -0.39 is 17.5 Å². The highest BCUT2D eigenvalue weighted by Gasteiger charge is 2.59. The number of phenolic OH excluding ortho intramolecular Hbond substituents is 1. The molecule has 1 saturated heterocycles. The van der Waals surface area contributed by atoms with Gasteiger partial charge in [-0.25, -0.2) is 4.79 Å². The van der Waals surface area contributed by atoms with Crippen LogP contribution in [0.15, 0.2) is 24.3 Å². The molecule has 18 heavy (non-hydrogen) atoms. The lowest BCUT2D eigenvalue weighted by atomic mass is 9.82. The Morgan fingerprint density at radius 1 is 1.39 bits per heavy atom. The van der Waals surface area contributed by atoms with Crippen molar-refractivity contribution in [1.29, 1.82) is 0 Å². The van der Waals surface area contributed by atoms with Gasteiger partial charge < -0.3 is 19.7 Å². The van der Waals surface area contributed by atoms with Crippen molar-refractivity contribution in [1.82, 2.24) is 0 Å². The van der Waals surface area contributed by atoms with Gasteiger partial charge >= 0.3 is 5.97 Å². The van der Waals surface area contributed by atoms with Gasteiger partial charge in [-0.2, -0.15) is 0 Å². The van der Waals surface area contributed by atoms with Crippen LogP contribution in [0.1, 0.15) is 24.8 Å². The first-order valence-corrected chi connectivity index (χ1v) is 5.61. The number of carboxylic acids is 1. The number of rotatable bonds is 5. The number of epoxide rings is 1. The van der Waals surface area contributed by atoms with Crippen LogP contribution < -0.4 is 0 Å². The van der Waals surface area contributed by atoms with Crippen LogP contribution in [0.2, 0.25) is 0 Å². The van der Waals surface area contributed by atoms with Crippen molar-refractivity contribution in [2.45, 2.75) is 24.9 Å². The van der Waals surface area contributed by atoms with Crippen molar-refractivity contribution < 1.29 is 24.5 Å². The number of benzene rings is 1. The second kappa shape index (κ2) is 4.42. The number of ether oxygens (including phenoxy) is 1. The topological polar surface area (TPSA) is 87.1 Å². The number of aromatic hydroxyl groups is 1. The van der Waals surface area contributed by atoms with E-state index in [1.807, 2.05) is 0 Å². The molecule has 96 valence electrons. The Balaban J connectivity index is 2.34. The predicted molar refractivity (Wildman–Crippen MR) is 62.5 cm³/mol. The van der Waals surface area contributed by atoms with Crippen LogP contribution in [0, 0.1) is 0 Å². The third-order valence-corrected chi connectivity index (χ3v) is 3.17. The largest absolute Gasteiger partial charge is 0.508 e. The summed E-state index contributed by atoms with van der Waals surface area (Å²) >= 11 is 0. The molecule has 0 radical (unpaired) electrons. The molecule has 1 fully saturated rings. The highest BCUT2D eigenvalue weighted by atomic mass is 16.6. The molecule has 5 nitrogen and oxygen atoms in total. The predicted octanol–water partition coefficient (Wildman–Crippen LogP) is 1.31. The maximum Gasteiger partial charge on any atom is 0.339 e. The van der Waals surface area contributed by atoms with Crippen LogP contribution in [0.5, 0.6) is 5.75 Å². The maximum absolute atomic E-state index is 11.3. The van der Waals surface area contributed by atoms with Crippen molar-refractivity contribution >= 4 is 11.8 Å².